The Bertz CT molecular complexity index is 534. The van der Waals surface area contributed by atoms with Crippen LogP contribution in [0.3, 0.4) is 0 Å². The first-order valence-corrected chi connectivity index (χ1v) is 9.92. The first-order chi connectivity index (χ1) is 9.33. The molecule has 1 N–H and O–H groups in total. The second-order valence-corrected chi connectivity index (χ2v) is 8.50. The molecule has 0 amide bonds. The molecule has 0 aliphatic rings. The standard InChI is InChI=1S/C14H21BrClNO2S/c1-3-8-17-14(5-4-9-20(2,18)19)12-10-11(16)6-7-13(12)15/h6-7,10,14,17H,3-5,8-9H2,1-2H3. The number of hydrogen-bond acceptors (Lipinski definition) is 3. The van der Waals surface area contributed by atoms with Gasteiger partial charge in [-0.15, -0.1) is 0 Å². The maximum absolute atomic E-state index is 11.2. The Balaban J connectivity index is 2.80. The number of benzene rings is 1. The molecule has 0 heterocycles. The van der Waals surface area contributed by atoms with E-state index in [2.05, 4.69) is 28.2 Å². The van der Waals surface area contributed by atoms with Gasteiger partial charge < -0.3 is 5.32 Å². The average molecular weight is 383 g/mol. The van der Waals surface area contributed by atoms with Gasteiger partial charge in [-0.2, -0.15) is 0 Å². The molecule has 1 unspecified atom stereocenters. The van der Waals surface area contributed by atoms with Crippen LogP contribution in [0.25, 0.3) is 0 Å². The zero-order valence-corrected chi connectivity index (χ0v) is 15.0. The van der Waals surface area contributed by atoms with Crippen molar-refractivity contribution < 1.29 is 8.42 Å². The van der Waals surface area contributed by atoms with Gasteiger partial charge in [0.25, 0.3) is 0 Å². The van der Waals surface area contributed by atoms with Gasteiger partial charge in [-0.1, -0.05) is 34.5 Å². The Morgan fingerprint density at radius 3 is 2.70 bits per heavy atom. The van der Waals surface area contributed by atoms with Gasteiger partial charge in [0.05, 0.1) is 0 Å². The lowest BCUT2D eigenvalue weighted by Crippen LogP contribution is -2.23. The summed E-state index contributed by atoms with van der Waals surface area (Å²) >= 11 is 9.59. The van der Waals surface area contributed by atoms with Crippen LogP contribution in [0.2, 0.25) is 5.02 Å². The van der Waals surface area contributed by atoms with Crippen LogP contribution in [0.1, 0.15) is 37.8 Å². The molecule has 114 valence electrons. The quantitative estimate of drug-likeness (QED) is 0.740. The summed E-state index contributed by atoms with van der Waals surface area (Å²) in [6.45, 7) is 3.00. The van der Waals surface area contributed by atoms with Gasteiger partial charge in [-0.25, -0.2) is 8.42 Å². The minimum absolute atomic E-state index is 0.116. The highest BCUT2D eigenvalue weighted by Crippen LogP contribution is 2.29. The third-order valence-corrected chi connectivity index (χ3v) is 4.97. The minimum Gasteiger partial charge on any atom is -0.310 e. The molecule has 0 spiro atoms. The van der Waals surface area contributed by atoms with Crippen LogP contribution in [0, 0.1) is 0 Å². The second-order valence-electron chi connectivity index (χ2n) is 4.94. The molecule has 1 aromatic carbocycles. The van der Waals surface area contributed by atoms with Crippen molar-refractivity contribution in [2.45, 2.75) is 32.2 Å². The Morgan fingerprint density at radius 2 is 2.10 bits per heavy atom. The maximum atomic E-state index is 11.2. The fourth-order valence-corrected chi connectivity index (χ4v) is 3.41. The van der Waals surface area contributed by atoms with E-state index in [1.807, 2.05) is 18.2 Å². The molecule has 1 atom stereocenters. The zero-order chi connectivity index (χ0) is 15.2. The van der Waals surface area contributed by atoms with Crippen molar-refractivity contribution in [1.29, 1.82) is 0 Å². The summed E-state index contributed by atoms with van der Waals surface area (Å²) in [6.07, 6.45) is 3.71. The van der Waals surface area contributed by atoms with Crippen molar-refractivity contribution >= 4 is 37.4 Å². The van der Waals surface area contributed by atoms with E-state index in [9.17, 15) is 8.42 Å². The largest absolute Gasteiger partial charge is 0.310 e. The Kier molecular flexibility index (Phi) is 7.51. The summed E-state index contributed by atoms with van der Waals surface area (Å²) in [7, 11) is -2.91. The van der Waals surface area contributed by atoms with E-state index < -0.39 is 9.84 Å². The highest BCUT2D eigenvalue weighted by atomic mass is 79.9. The predicted octanol–water partition coefficient (Wildman–Crippen LogP) is 3.97. The summed E-state index contributed by atoms with van der Waals surface area (Å²) < 4.78 is 23.5. The molecular formula is C14H21BrClNO2S. The van der Waals surface area contributed by atoms with E-state index >= 15 is 0 Å². The molecule has 0 saturated carbocycles. The van der Waals surface area contributed by atoms with Crippen LogP contribution in [0.5, 0.6) is 0 Å². The molecule has 0 saturated heterocycles. The summed E-state index contributed by atoms with van der Waals surface area (Å²) in [6, 6.07) is 5.81. The SMILES string of the molecule is CCCNC(CCCS(C)(=O)=O)c1cc(Cl)ccc1Br. The molecule has 0 bridgehead atoms. The van der Waals surface area contributed by atoms with E-state index in [0.717, 1.165) is 29.4 Å². The number of rotatable bonds is 8. The Labute approximate surface area is 135 Å². The van der Waals surface area contributed by atoms with E-state index in [-0.39, 0.29) is 11.8 Å². The molecule has 20 heavy (non-hydrogen) atoms. The fourth-order valence-electron chi connectivity index (χ4n) is 2.02. The molecule has 0 aromatic heterocycles. The van der Waals surface area contributed by atoms with Crippen molar-refractivity contribution in [3.8, 4) is 0 Å². The van der Waals surface area contributed by atoms with Gasteiger partial charge in [-0.05, 0) is 49.6 Å². The second kappa shape index (κ2) is 8.37. The molecule has 0 aliphatic heterocycles. The molecule has 1 aromatic rings. The van der Waals surface area contributed by atoms with Crippen LogP contribution < -0.4 is 5.32 Å². The predicted molar refractivity (Wildman–Crippen MR) is 89.1 cm³/mol. The molecule has 0 fully saturated rings. The van der Waals surface area contributed by atoms with Crippen LogP contribution in [0.15, 0.2) is 22.7 Å². The van der Waals surface area contributed by atoms with Gasteiger partial charge in [0.1, 0.15) is 9.84 Å². The lowest BCUT2D eigenvalue weighted by molar-refractivity contribution is 0.491. The van der Waals surface area contributed by atoms with Gasteiger partial charge >= 0.3 is 0 Å². The molecule has 3 nitrogen and oxygen atoms in total. The van der Waals surface area contributed by atoms with Gasteiger partial charge in [0.15, 0.2) is 0 Å². The summed E-state index contributed by atoms with van der Waals surface area (Å²) in [4.78, 5) is 0. The third-order valence-electron chi connectivity index (χ3n) is 2.98. The monoisotopic (exact) mass is 381 g/mol. The van der Waals surface area contributed by atoms with Crippen molar-refractivity contribution in [3.63, 3.8) is 0 Å². The maximum Gasteiger partial charge on any atom is 0.147 e. The summed E-state index contributed by atoms with van der Waals surface area (Å²) in [5.74, 6) is 0.218. The van der Waals surface area contributed by atoms with E-state index in [0.29, 0.717) is 11.4 Å². The minimum atomic E-state index is -2.91. The molecule has 6 heteroatoms. The van der Waals surface area contributed by atoms with Gasteiger partial charge in [0, 0.05) is 27.5 Å². The first kappa shape index (κ1) is 18.0. The van der Waals surface area contributed by atoms with Crippen molar-refractivity contribution in [1.82, 2.24) is 5.32 Å². The van der Waals surface area contributed by atoms with Crippen LogP contribution in [-0.2, 0) is 9.84 Å². The average Bonchev–Trinajstić information content (AvgIpc) is 2.35. The van der Waals surface area contributed by atoms with Crippen LogP contribution >= 0.6 is 27.5 Å². The zero-order valence-electron chi connectivity index (χ0n) is 11.8. The van der Waals surface area contributed by atoms with E-state index in [1.54, 1.807) is 0 Å². The van der Waals surface area contributed by atoms with Crippen molar-refractivity contribution in [2.75, 3.05) is 18.6 Å². The molecule has 0 aliphatic carbocycles. The topological polar surface area (TPSA) is 46.2 Å². The van der Waals surface area contributed by atoms with Crippen molar-refractivity contribution in [3.05, 3.63) is 33.3 Å². The molecule has 1 rings (SSSR count). The van der Waals surface area contributed by atoms with Crippen LogP contribution in [0.4, 0.5) is 0 Å². The van der Waals surface area contributed by atoms with E-state index in [1.165, 1.54) is 6.26 Å². The Morgan fingerprint density at radius 1 is 1.40 bits per heavy atom. The van der Waals surface area contributed by atoms with Gasteiger partial charge in [-0.3, -0.25) is 0 Å². The Hall–Kier alpha value is -0.100. The molecule has 0 radical (unpaired) electrons. The van der Waals surface area contributed by atoms with Crippen molar-refractivity contribution in [2.24, 2.45) is 0 Å². The highest BCUT2D eigenvalue weighted by Gasteiger charge is 2.15. The lowest BCUT2D eigenvalue weighted by atomic mass is 10.0. The number of nitrogens with one attached hydrogen (secondary N) is 1. The lowest BCUT2D eigenvalue weighted by Gasteiger charge is -2.20. The highest BCUT2D eigenvalue weighted by molar-refractivity contribution is 9.10. The normalized spacial score (nSPS) is 13.4. The molecular weight excluding hydrogens is 362 g/mol. The summed E-state index contributed by atoms with van der Waals surface area (Å²) in [5.41, 5.74) is 1.08. The first-order valence-electron chi connectivity index (χ1n) is 6.69. The number of sulfone groups is 1. The number of hydrogen-bond donors (Lipinski definition) is 1. The van der Waals surface area contributed by atoms with Crippen LogP contribution in [-0.4, -0.2) is 27.0 Å². The smallest absolute Gasteiger partial charge is 0.147 e. The summed E-state index contributed by atoms with van der Waals surface area (Å²) in [5, 5.41) is 4.15. The van der Waals surface area contributed by atoms with Gasteiger partial charge in [0.2, 0.25) is 0 Å². The third kappa shape index (κ3) is 6.57. The number of halogens is 2. The van der Waals surface area contributed by atoms with E-state index in [4.69, 9.17) is 11.6 Å². The fraction of sp³-hybridized carbons (Fsp3) is 0.571.